The number of halogens is 3. The summed E-state index contributed by atoms with van der Waals surface area (Å²) in [5.74, 6) is 0.294. The number of hydrogen-bond donors (Lipinski definition) is 0. The van der Waals surface area contributed by atoms with Crippen molar-refractivity contribution in [2.45, 2.75) is 10.4 Å². The molecule has 0 radical (unpaired) electrons. The van der Waals surface area contributed by atoms with Gasteiger partial charge in [-0.1, -0.05) is 0 Å². The minimum atomic E-state index is -5.41. The van der Waals surface area contributed by atoms with E-state index in [1.807, 2.05) is 0 Å². The molecule has 0 heterocycles. The number of nitrogens with zero attached hydrogens (tertiary/aromatic N) is 1. The van der Waals surface area contributed by atoms with Crippen molar-refractivity contribution in [3.8, 4) is 11.5 Å². The summed E-state index contributed by atoms with van der Waals surface area (Å²) >= 11 is 0. The van der Waals surface area contributed by atoms with E-state index in [-0.39, 0.29) is 17.2 Å². The van der Waals surface area contributed by atoms with Crippen molar-refractivity contribution in [3.63, 3.8) is 0 Å². The molecule has 0 aromatic heterocycles. The monoisotopic (exact) mass is 347 g/mol. The van der Waals surface area contributed by atoms with Crippen LogP contribution in [0.25, 0.3) is 0 Å². The average Bonchev–Trinajstić information content (AvgIpc) is 2.47. The van der Waals surface area contributed by atoms with E-state index >= 15 is 0 Å². The Hall–Kier alpha value is -2.62. The van der Waals surface area contributed by atoms with Crippen molar-refractivity contribution in [1.29, 1.82) is 0 Å². The van der Waals surface area contributed by atoms with E-state index in [1.165, 1.54) is 24.3 Å². The van der Waals surface area contributed by atoms with Crippen LogP contribution in [-0.4, -0.2) is 18.8 Å². The molecule has 0 amide bonds. The molecule has 2 aromatic rings. The first-order chi connectivity index (χ1) is 10.6. The number of nitro groups is 1. The number of rotatable bonds is 4. The number of nitro benzene ring substituents is 1. The second kappa shape index (κ2) is 5.88. The SMILES string of the molecule is O=[N+]([O-])c1ccc(Oc2ccc(S(=O)(=O)C(F)(F)F)cc2)cc1. The third-order valence-corrected chi connectivity index (χ3v) is 4.22. The highest BCUT2D eigenvalue weighted by atomic mass is 32.2. The van der Waals surface area contributed by atoms with Crippen molar-refractivity contribution >= 4 is 15.5 Å². The summed E-state index contributed by atoms with van der Waals surface area (Å²) in [7, 11) is -5.41. The van der Waals surface area contributed by atoms with Gasteiger partial charge in [-0.2, -0.15) is 13.2 Å². The van der Waals surface area contributed by atoms with Gasteiger partial charge in [0.15, 0.2) is 0 Å². The highest BCUT2D eigenvalue weighted by molar-refractivity contribution is 7.92. The molecule has 0 unspecified atom stereocenters. The Bertz CT molecular complexity index is 814. The van der Waals surface area contributed by atoms with E-state index in [1.54, 1.807) is 0 Å². The second-order valence-electron chi connectivity index (χ2n) is 4.27. The molecular weight excluding hydrogens is 339 g/mol. The fraction of sp³-hybridized carbons (Fsp3) is 0.0769. The van der Waals surface area contributed by atoms with Crippen LogP contribution in [0.1, 0.15) is 0 Å². The molecule has 0 bridgehead atoms. The average molecular weight is 347 g/mol. The number of benzene rings is 2. The molecule has 6 nitrogen and oxygen atoms in total. The van der Waals surface area contributed by atoms with Crippen LogP contribution in [0.4, 0.5) is 18.9 Å². The van der Waals surface area contributed by atoms with Crippen molar-refractivity contribution in [3.05, 3.63) is 58.6 Å². The number of hydrogen-bond acceptors (Lipinski definition) is 5. The fourth-order valence-corrected chi connectivity index (χ4v) is 2.35. The highest BCUT2D eigenvalue weighted by Gasteiger charge is 2.46. The van der Waals surface area contributed by atoms with Gasteiger partial charge in [0.1, 0.15) is 11.5 Å². The van der Waals surface area contributed by atoms with Gasteiger partial charge >= 0.3 is 5.51 Å². The van der Waals surface area contributed by atoms with Crippen molar-refractivity contribution < 1.29 is 31.2 Å². The smallest absolute Gasteiger partial charge is 0.457 e. The van der Waals surface area contributed by atoms with Crippen molar-refractivity contribution in [2.75, 3.05) is 0 Å². The predicted molar refractivity (Wildman–Crippen MR) is 72.9 cm³/mol. The molecule has 0 aliphatic carbocycles. The summed E-state index contributed by atoms with van der Waals surface area (Å²) in [5.41, 5.74) is -5.53. The molecule has 122 valence electrons. The van der Waals surface area contributed by atoms with Crippen molar-refractivity contribution in [2.24, 2.45) is 0 Å². The maximum Gasteiger partial charge on any atom is 0.501 e. The van der Waals surface area contributed by atoms with Crippen LogP contribution in [0.15, 0.2) is 53.4 Å². The number of alkyl halides is 3. The summed E-state index contributed by atoms with van der Waals surface area (Å²) in [6, 6.07) is 8.64. The molecule has 0 atom stereocenters. The Morgan fingerprint density at radius 3 is 1.74 bits per heavy atom. The van der Waals surface area contributed by atoms with Crippen molar-refractivity contribution in [1.82, 2.24) is 0 Å². The zero-order chi connectivity index (χ0) is 17.3. The maximum absolute atomic E-state index is 12.4. The normalized spacial score (nSPS) is 12.0. The molecule has 0 saturated heterocycles. The van der Waals surface area contributed by atoms with Crippen LogP contribution < -0.4 is 4.74 Å². The van der Waals surface area contributed by atoms with Gasteiger partial charge in [-0.25, -0.2) is 8.42 Å². The van der Waals surface area contributed by atoms with Crippen LogP contribution in [-0.2, 0) is 9.84 Å². The van der Waals surface area contributed by atoms with Gasteiger partial charge in [-0.3, -0.25) is 10.1 Å². The van der Waals surface area contributed by atoms with Crippen LogP contribution in [0, 0.1) is 10.1 Å². The van der Waals surface area contributed by atoms with Gasteiger partial charge in [0.2, 0.25) is 0 Å². The Morgan fingerprint density at radius 2 is 1.35 bits per heavy atom. The lowest BCUT2D eigenvalue weighted by Gasteiger charge is -2.09. The van der Waals surface area contributed by atoms with E-state index < -0.39 is 25.2 Å². The summed E-state index contributed by atoms with van der Waals surface area (Å²) in [6.07, 6.45) is 0. The lowest BCUT2D eigenvalue weighted by molar-refractivity contribution is -0.384. The van der Waals surface area contributed by atoms with E-state index in [2.05, 4.69) is 0 Å². The quantitative estimate of drug-likeness (QED) is 0.622. The summed E-state index contributed by atoms with van der Waals surface area (Å²) in [6.45, 7) is 0. The number of non-ortho nitro benzene ring substituents is 1. The van der Waals surface area contributed by atoms with E-state index in [4.69, 9.17) is 4.74 Å². The molecule has 2 rings (SSSR count). The molecular formula is C13H8F3NO5S. The molecule has 0 saturated carbocycles. The molecule has 0 N–H and O–H groups in total. The number of ether oxygens (including phenoxy) is 1. The third-order valence-electron chi connectivity index (χ3n) is 2.72. The molecule has 0 aliphatic heterocycles. The van der Waals surface area contributed by atoms with Gasteiger partial charge in [-0.15, -0.1) is 0 Å². The Morgan fingerprint density at radius 1 is 0.913 bits per heavy atom. The largest absolute Gasteiger partial charge is 0.501 e. The van der Waals surface area contributed by atoms with Gasteiger partial charge in [0.05, 0.1) is 9.82 Å². The van der Waals surface area contributed by atoms with Gasteiger partial charge < -0.3 is 4.74 Å². The lowest BCUT2D eigenvalue weighted by atomic mass is 10.3. The van der Waals surface area contributed by atoms with Gasteiger partial charge in [-0.05, 0) is 36.4 Å². The Labute approximate surface area is 128 Å². The minimum absolute atomic E-state index is 0.0833. The van der Waals surface area contributed by atoms with Crippen LogP contribution in [0.3, 0.4) is 0 Å². The second-order valence-corrected chi connectivity index (χ2v) is 6.21. The topological polar surface area (TPSA) is 86.5 Å². The minimum Gasteiger partial charge on any atom is -0.457 e. The molecule has 0 spiro atoms. The molecule has 0 aliphatic rings. The van der Waals surface area contributed by atoms with Crippen LogP contribution in [0.5, 0.6) is 11.5 Å². The molecule has 2 aromatic carbocycles. The molecule has 10 heteroatoms. The van der Waals surface area contributed by atoms with E-state index in [0.717, 1.165) is 24.3 Å². The highest BCUT2D eigenvalue weighted by Crippen LogP contribution is 2.32. The lowest BCUT2D eigenvalue weighted by Crippen LogP contribution is -2.23. The standard InChI is InChI=1S/C13H8F3NO5S/c14-13(15,16)23(20,21)12-7-5-11(6-8-12)22-10-3-1-9(2-4-10)17(18)19/h1-8H. The first-order valence-electron chi connectivity index (χ1n) is 5.95. The van der Waals surface area contributed by atoms with E-state index in [0.29, 0.717) is 0 Å². The van der Waals surface area contributed by atoms with Crippen LogP contribution >= 0.6 is 0 Å². The maximum atomic E-state index is 12.4. The van der Waals surface area contributed by atoms with Gasteiger partial charge in [0, 0.05) is 12.1 Å². The summed E-state index contributed by atoms with van der Waals surface area (Å²) < 4.78 is 64.8. The first kappa shape index (κ1) is 16.7. The third kappa shape index (κ3) is 3.59. The first-order valence-corrected chi connectivity index (χ1v) is 7.43. The van der Waals surface area contributed by atoms with E-state index in [9.17, 15) is 31.7 Å². The summed E-state index contributed by atoms with van der Waals surface area (Å²) in [4.78, 5) is 9.00. The van der Waals surface area contributed by atoms with Crippen LogP contribution in [0.2, 0.25) is 0 Å². The molecule has 0 fully saturated rings. The molecule has 23 heavy (non-hydrogen) atoms. The fourth-order valence-electron chi connectivity index (χ4n) is 1.59. The Balaban J connectivity index is 2.19. The Kier molecular flexibility index (Phi) is 4.28. The summed E-state index contributed by atoms with van der Waals surface area (Å²) in [5, 5.41) is 10.5. The zero-order valence-corrected chi connectivity index (χ0v) is 12.0. The zero-order valence-electron chi connectivity index (χ0n) is 11.1. The van der Waals surface area contributed by atoms with Gasteiger partial charge in [0.25, 0.3) is 15.5 Å². The number of sulfone groups is 1. The predicted octanol–water partition coefficient (Wildman–Crippen LogP) is 3.68.